The fourth-order valence-corrected chi connectivity index (χ4v) is 0.412. The summed E-state index contributed by atoms with van der Waals surface area (Å²) in [7, 11) is 0. The molecule has 0 spiro atoms. The van der Waals surface area contributed by atoms with Gasteiger partial charge >= 0.3 is 6.09 Å². The number of hydrogen-bond donors (Lipinski definition) is 1. The van der Waals surface area contributed by atoms with Crippen molar-refractivity contribution in [3.63, 3.8) is 0 Å². The Hall–Kier alpha value is -1.52. The van der Waals surface area contributed by atoms with Crippen LogP contribution >= 0.6 is 0 Å². The van der Waals surface area contributed by atoms with E-state index in [1.165, 1.54) is 13.0 Å². The van der Waals surface area contributed by atoms with Crippen molar-refractivity contribution in [2.45, 2.75) is 13.0 Å². The van der Waals surface area contributed by atoms with Gasteiger partial charge in [-0.2, -0.15) is 0 Å². The van der Waals surface area contributed by atoms with Crippen molar-refractivity contribution in [2.75, 3.05) is 6.61 Å². The van der Waals surface area contributed by atoms with Crippen LogP contribution in [-0.4, -0.2) is 24.7 Å². The lowest BCUT2D eigenvalue weighted by molar-refractivity contribution is -0.307. The Morgan fingerprint density at radius 2 is 2.33 bits per heavy atom. The van der Waals surface area contributed by atoms with Crippen LogP contribution in [0.4, 0.5) is 4.79 Å². The third kappa shape index (κ3) is 4.32. The predicted molar refractivity (Wildman–Crippen MR) is 39.1 cm³/mol. The number of carboxylic acid groups (broad SMARTS) is 1. The second kappa shape index (κ2) is 5.17. The van der Waals surface area contributed by atoms with Gasteiger partial charge in [0.1, 0.15) is 6.61 Å². The molecule has 1 N–H and O–H groups in total. The standard InChI is InChI=1S/C7H11NO4/c1-3-4-12-7(11)8-5(2)6(9)10/h3,5H,1,4H2,2H3,(H,8,11)(H,9,10)/p-1/t5-/m0/s1. The molecule has 1 amide bonds. The van der Waals surface area contributed by atoms with Crippen molar-refractivity contribution < 1.29 is 19.4 Å². The van der Waals surface area contributed by atoms with E-state index in [9.17, 15) is 14.7 Å². The molecule has 0 aromatic carbocycles. The largest absolute Gasteiger partial charge is 0.548 e. The summed E-state index contributed by atoms with van der Waals surface area (Å²) in [5, 5.41) is 12.2. The van der Waals surface area contributed by atoms with Gasteiger partial charge in [-0.25, -0.2) is 4.79 Å². The minimum absolute atomic E-state index is 0.0472. The molecule has 0 aromatic heterocycles. The van der Waals surface area contributed by atoms with E-state index in [0.717, 1.165) is 0 Å². The molecule has 5 nitrogen and oxygen atoms in total. The lowest BCUT2D eigenvalue weighted by Crippen LogP contribution is -2.46. The molecule has 0 aliphatic carbocycles. The fraction of sp³-hybridized carbons (Fsp3) is 0.429. The molecule has 0 aliphatic rings. The number of carboxylic acids is 1. The van der Waals surface area contributed by atoms with Crippen molar-refractivity contribution >= 4 is 12.1 Å². The van der Waals surface area contributed by atoms with E-state index in [0.29, 0.717) is 0 Å². The van der Waals surface area contributed by atoms with Gasteiger partial charge < -0.3 is 20.0 Å². The van der Waals surface area contributed by atoms with E-state index in [1.54, 1.807) is 0 Å². The maximum absolute atomic E-state index is 10.6. The Morgan fingerprint density at radius 1 is 1.75 bits per heavy atom. The highest BCUT2D eigenvalue weighted by Crippen LogP contribution is 1.82. The quantitative estimate of drug-likeness (QED) is 0.554. The average Bonchev–Trinajstić information content (AvgIpc) is 2.00. The molecular formula is C7H10NO4-. The summed E-state index contributed by atoms with van der Waals surface area (Å²) >= 11 is 0. The van der Waals surface area contributed by atoms with Gasteiger partial charge in [0.25, 0.3) is 0 Å². The first-order chi connectivity index (χ1) is 5.57. The number of ether oxygens (including phenoxy) is 1. The molecule has 0 aromatic rings. The van der Waals surface area contributed by atoms with E-state index in [-0.39, 0.29) is 6.61 Å². The first-order valence-corrected chi connectivity index (χ1v) is 3.33. The highest BCUT2D eigenvalue weighted by Gasteiger charge is 2.07. The minimum Gasteiger partial charge on any atom is -0.548 e. The number of nitrogens with one attached hydrogen (secondary N) is 1. The van der Waals surface area contributed by atoms with Crippen LogP contribution < -0.4 is 10.4 Å². The predicted octanol–water partition coefficient (Wildman–Crippen LogP) is -0.963. The molecule has 0 saturated carbocycles. The van der Waals surface area contributed by atoms with Gasteiger partial charge in [0.2, 0.25) is 0 Å². The maximum Gasteiger partial charge on any atom is 0.407 e. The van der Waals surface area contributed by atoms with Crippen LogP contribution in [0, 0.1) is 0 Å². The first kappa shape index (κ1) is 10.5. The van der Waals surface area contributed by atoms with E-state index >= 15 is 0 Å². The highest BCUT2D eigenvalue weighted by molar-refractivity contribution is 5.78. The number of amides is 1. The van der Waals surface area contributed by atoms with Gasteiger partial charge in [-0.1, -0.05) is 12.7 Å². The first-order valence-electron chi connectivity index (χ1n) is 3.33. The lowest BCUT2D eigenvalue weighted by Gasteiger charge is -2.13. The van der Waals surface area contributed by atoms with Gasteiger partial charge in [0.05, 0.1) is 12.0 Å². The zero-order chi connectivity index (χ0) is 9.56. The number of aliphatic carboxylic acids is 1. The van der Waals surface area contributed by atoms with Gasteiger partial charge in [-0.3, -0.25) is 0 Å². The zero-order valence-electron chi connectivity index (χ0n) is 6.70. The summed E-state index contributed by atoms with van der Waals surface area (Å²) in [6.07, 6.45) is 0.579. The van der Waals surface area contributed by atoms with E-state index in [2.05, 4.69) is 11.3 Å². The van der Waals surface area contributed by atoms with Crippen molar-refractivity contribution in [1.82, 2.24) is 5.32 Å². The molecule has 68 valence electrons. The molecule has 0 rings (SSSR count). The molecule has 0 bridgehead atoms. The molecule has 1 atom stereocenters. The summed E-state index contributed by atoms with van der Waals surface area (Å²) in [6.45, 7) is 4.64. The van der Waals surface area contributed by atoms with E-state index < -0.39 is 18.1 Å². The van der Waals surface area contributed by atoms with Crippen molar-refractivity contribution in [3.05, 3.63) is 12.7 Å². The van der Waals surface area contributed by atoms with Crippen molar-refractivity contribution in [2.24, 2.45) is 0 Å². The molecule has 12 heavy (non-hydrogen) atoms. The Kier molecular flexibility index (Phi) is 4.52. The minimum atomic E-state index is -1.36. The second-order valence-electron chi connectivity index (χ2n) is 2.07. The Bertz CT molecular complexity index is 190. The van der Waals surface area contributed by atoms with Gasteiger partial charge in [0, 0.05) is 0 Å². The summed E-state index contributed by atoms with van der Waals surface area (Å²) in [5.74, 6) is -1.36. The Balaban J connectivity index is 3.68. The smallest absolute Gasteiger partial charge is 0.407 e. The summed E-state index contributed by atoms with van der Waals surface area (Å²) in [6, 6.07) is -1.05. The van der Waals surface area contributed by atoms with E-state index in [4.69, 9.17) is 0 Å². The maximum atomic E-state index is 10.6. The normalized spacial score (nSPS) is 11.4. The summed E-state index contributed by atoms with van der Waals surface area (Å²) < 4.78 is 4.45. The molecule has 5 heteroatoms. The van der Waals surface area contributed by atoms with E-state index in [1.807, 2.05) is 5.32 Å². The highest BCUT2D eigenvalue weighted by atomic mass is 16.5. The molecule has 0 fully saturated rings. The van der Waals surface area contributed by atoms with Gasteiger partial charge in [-0.15, -0.1) is 0 Å². The van der Waals surface area contributed by atoms with Gasteiger partial charge in [0.15, 0.2) is 0 Å². The Labute approximate surface area is 70.0 Å². The summed E-state index contributed by atoms with van der Waals surface area (Å²) in [4.78, 5) is 20.8. The van der Waals surface area contributed by atoms with Gasteiger partial charge in [-0.05, 0) is 6.92 Å². The van der Waals surface area contributed by atoms with Crippen LogP contribution in [0.1, 0.15) is 6.92 Å². The number of alkyl carbamates (subject to hydrolysis) is 1. The molecular weight excluding hydrogens is 162 g/mol. The SMILES string of the molecule is C=CCOC(=O)N[C@@H](C)C(=O)[O-]. The second-order valence-corrected chi connectivity index (χ2v) is 2.07. The number of carbonyl (C=O) groups excluding carboxylic acids is 2. The molecule has 0 aliphatic heterocycles. The number of carbonyl (C=O) groups is 2. The van der Waals surface area contributed by atoms with Crippen LogP contribution in [-0.2, 0) is 9.53 Å². The Morgan fingerprint density at radius 3 is 2.75 bits per heavy atom. The average molecular weight is 172 g/mol. The van der Waals surface area contributed by atoms with Crippen LogP contribution in [0.15, 0.2) is 12.7 Å². The number of hydrogen-bond acceptors (Lipinski definition) is 4. The molecule has 0 heterocycles. The summed E-state index contributed by atoms with van der Waals surface area (Å²) in [5.41, 5.74) is 0. The van der Waals surface area contributed by atoms with Crippen molar-refractivity contribution in [1.29, 1.82) is 0 Å². The fourth-order valence-electron chi connectivity index (χ4n) is 0.412. The van der Waals surface area contributed by atoms with Crippen LogP contribution in [0.3, 0.4) is 0 Å². The molecule has 0 saturated heterocycles. The number of rotatable bonds is 4. The zero-order valence-corrected chi connectivity index (χ0v) is 6.70. The van der Waals surface area contributed by atoms with Crippen LogP contribution in [0.2, 0.25) is 0 Å². The third-order valence-electron chi connectivity index (χ3n) is 1.02. The monoisotopic (exact) mass is 172 g/mol. The topological polar surface area (TPSA) is 78.5 Å². The lowest BCUT2D eigenvalue weighted by atomic mass is 10.4. The van der Waals surface area contributed by atoms with Crippen molar-refractivity contribution in [3.8, 4) is 0 Å². The van der Waals surface area contributed by atoms with Crippen LogP contribution in [0.5, 0.6) is 0 Å². The molecule has 0 unspecified atom stereocenters. The van der Waals surface area contributed by atoms with Crippen LogP contribution in [0.25, 0.3) is 0 Å². The third-order valence-corrected chi connectivity index (χ3v) is 1.02. The molecule has 0 radical (unpaired) electrons.